The first-order valence-corrected chi connectivity index (χ1v) is 10.8. The molecule has 33 heavy (non-hydrogen) atoms. The number of nitrogens with zero attached hydrogens (tertiary/aromatic N) is 3. The van der Waals surface area contributed by atoms with Crippen LogP contribution in [0.4, 0.5) is 5.69 Å². The highest BCUT2D eigenvalue weighted by molar-refractivity contribution is 6.10. The molecule has 0 unspecified atom stereocenters. The van der Waals surface area contributed by atoms with Crippen molar-refractivity contribution in [2.45, 2.75) is 19.8 Å². The number of nitrogens with one attached hydrogen (secondary N) is 1. The Bertz CT molecular complexity index is 1310. The predicted octanol–water partition coefficient (Wildman–Crippen LogP) is 6.21. The fraction of sp³-hybridized carbons (Fsp3) is 0.107. The largest absolute Gasteiger partial charge is 0.321 e. The lowest BCUT2D eigenvalue weighted by atomic mass is 10.0. The van der Waals surface area contributed by atoms with Crippen LogP contribution < -0.4 is 5.32 Å². The first-order valence-electron chi connectivity index (χ1n) is 10.8. The summed E-state index contributed by atoms with van der Waals surface area (Å²) in [6.45, 7) is 4.23. The van der Waals surface area contributed by atoms with Crippen molar-refractivity contribution in [3.63, 3.8) is 0 Å². The number of rotatable bonds is 6. The Hall–Kier alpha value is -4.43. The maximum Gasteiger partial charge on any atom is 0.266 e. The van der Waals surface area contributed by atoms with Gasteiger partial charge in [-0.1, -0.05) is 74.5 Å². The molecule has 1 heterocycles. The van der Waals surface area contributed by atoms with Gasteiger partial charge in [0.15, 0.2) is 0 Å². The molecule has 0 aliphatic carbocycles. The van der Waals surface area contributed by atoms with Crippen molar-refractivity contribution in [2.75, 3.05) is 5.32 Å². The van der Waals surface area contributed by atoms with Crippen LogP contribution in [0.3, 0.4) is 0 Å². The molecule has 1 aromatic heterocycles. The zero-order valence-corrected chi connectivity index (χ0v) is 18.6. The van der Waals surface area contributed by atoms with Gasteiger partial charge in [0.2, 0.25) is 0 Å². The molecule has 0 fully saturated rings. The van der Waals surface area contributed by atoms with Gasteiger partial charge in [0.25, 0.3) is 5.91 Å². The Morgan fingerprint density at radius 3 is 2.21 bits per heavy atom. The number of para-hydroxylation sites is 1. The van der Waals surface area contributed by atoms with Gasteiger partial charge in [0.1, 0.15) is 11.6 Å². The quantitative estimate of drug-likeness (QED) is 0.291. The van der Waals surface area contributed by atoms with Crippen molar-refractivity contribution in [3.05, 3.63) is 108 Å². The summed E-state index contributed by atoms with van der Waals surface area (Å²) in [5.74, 6) is -0.0526. The molecule has 162 valence electrons. The number of anilines is 1. The molecule has 1 N–H and O–H groups in total. The maximum atomic E-state index is 12.9. The van der Waals surface area contributed by atoms with E-state index in [4.69, 9.17) is 5.10 Å². The molecule has 0 spiro atoms. The fourth-order valence-corrected chi connectivity index (χ4v) is 3.48. The van der Waals surface area contributed by atoms with E-state index >= 15 is 0 Å². The number of carbonyl (C=O) groups excluding carboxylic acids is 1. The molecule has 0 saturated carbocycles. The van der Waals surface area contributed by atoms with Crippen LogP contribution in [-0.4, -0.2) is 15.7 Å². The monoisotopic (exact) mass is 432 g/mol. The molecule has 5 heteroatoms. The van der Waals surface area contributed by atoms with Crippen LogP contribution in [0.25, 0.3) is 23.0 Å². The molecule has 0 atom stereocenters. The summed E-state index contributed by atoms with van der Waals surface area (Å²) in [6.07, 6.45) is 3.42. The SMILES string of the molecule is CC(C)c1ccc(NC(=O)C(C#N)=Cc2cn(-c3ccccc3)nc2-c2ccccc2)cc1. The van der Waals surface area contributed by atoms with Crippen LogP contribution in [-0.2, 0) is 4.79 Å². The van der Waals surface area contributed by atoms with E-state index in [0.717, 1.165) is 11.3 Å². The standard InChI is InChI=1S/C28H24N4O/c1-20(2)21-13-15-25(16-14-21)30-28(33)23(18-29)17-24-19-32(26-11-7-4-8-12-26)31-27(24)22-9-5-3-6-10-22/h3-17,19-20H,1-2H3,(H,30,33). The number of nitriles is 1. The number of aromatic nitrogens is 2. The van der Waals surface area contributed by atoms with Gasteiger partial charge in [-0.3, -0.25) is 4.79 Å². The summed E-state index contributed by atoms with van der Waals surface area (Å²) >= 11 is 0. The summed E-state index contributed by atoms with van der Waals surface area (Å²) in [5.41, 5.74) is 5.02. The van der Waals surface area contributed by atoms with Gasteiger partial charge in [-0.15, -0.1) is 0 Å². The summed E-state index contributed by atoms with van der Waals surface area (Å²) in [7, 11) is 0. The minimum Gasteiger partial charge on any atom is -0.321 e. The van der Waals surface area contributed by atoms with Gasteiger partial charge >= 0.3 is 0 Å². The van der Waals surface area contributed by atoms with E-state index in [1.54, 1.807) is 10.8 Å². The highest BCUT2D eigenvalue weighted by Gasteiger charge is 2.15. The van der Waals surface area contributed by atoms with E-state index in [1.807, 2.05) is 97.2 Å². The molecule has 0 radical (unpaired) electrons. The zero-order valence-electron chi connectivity index (χ0n) is 18.6. The number of hydrogen-bond acceptors (Lipinski definition) is 3. The third-order valence-corrected chi connectivity index (χ3v) is 5.31. The molecule has 0 bridgehead atoms. The van der Waals surface area contributed by atoms with Crippen LogP contribution in [0.2, 0.25) is 0 Å². The molecule has 1 amide bonds. The maximum absolute atomic E-state index is 12.9. The molecular weight excluding hydrogens is 408 g/mol. The lowest BCUT2D eigenvalue weighted by Crippen LogP contribution is -2.13. The number of carbonyl (C=O) groups is 1. The summed E-state index contributed by atoms with van der Waals surface area (Å²) in [6, 6.07) is 29.1. The third kappa shape index (κ3) is 5.08. The average molecular weight is 433 g/mol. The van der Waals surface area contributed by atoms with Crippen LogP contribution in [0, 0.1) is 11.3 Å². The first-order chi connectivity index (χ1) is 16.0. The van der Waals surface area contributed by atoms with E-state index < -0.39 is 5.91 Å². The van der Waals surface area contributed by atoms with Crippen LogP contribution >= 0.6 is 0 Å². The van der Waals surface area contributed by atoms with Crippen molar-refractivity contribution in [1.29, 1.82) is 5.26 Å². The van der Waals surface area contributed by atoms with E-state index in [2.05, 4.69) is 19.2 Å². The third-order valence-electron chi connectivity index (χ3n) is 5.31. The minimum atomic E-state index is -0.457. The Kier molecular flexibility index (Phi) is 6.47. The highest BCUT2D eigenvalue weighted by atomic mass is 16.1. The average Bonchev–Trinajstić information content (AvgIpc) is 3.28. The molecular formula is C28H24N4O. The Morgan fingerprint density at radius 1 is 0.970 bits per heavy atom. The van der Waals surface area contributed by atoms with Gasteiger partial charge < -0.3 is 5.32 Å². The summed E-state index contributed by atoms with van der Waals surface area (Å²) in [4.78, 5) is 12.9. The Labute approximate surface area is 193 Å². The Balaban J connectivity index is 1.68. The number of amides is 1. The minimum absolute atomic E-state index is 0.00716. The molecule has 0 aliphatic rings. The molecule has 5 nitrogen and oxygen atoms in total. The normalized spacial score (nSPS) is 11.3. The van der Waals surface area contributed by atoms with E-state index in [9.17, 15) is 10.1 Å². The van der Waals surface area contributed by atoms with Crippen molar-refractivity contribution >= 4 is 17.7 Å². The van der Waals surface area contributed by atoms with Crippen molar-refractivity contribution in [3.8, 4) is 23.0 Å². The first kappa shape index (κ1) is 21.8. The fourth-order valence-electron chi connectivity index (χ4n) is 3.48. The summed E-state index contributed by atoms with van der Waals surface area (Å²) in [5, 5.41) is 17.3. The van der Waals surface area contributed by atoms with E-state index in [0.29, 0.717) is 22.9 Å². The van der Waals surface area contributed by atoms with Crippen LogP contribution in [0.5, 0.6) is 0 Å². The van der Waals surface area contributed by atoms with E-state index in [-0.39, 0.29) is 5.57 Å². The number of benzene rings is 3. The smallest absolute Gasteiger partial charge is 0.266 e. The Morgan fingerprint density at radius 2 is 1.61 bits per heavy atom. The molecule has 4 aromatic rings. The van der Waals surface area contributed by atoms with Gasteiger partial charge in [-0.25, -0.2) is 4.68 Å². The zero-order chi connectivity index (χ0) is 23.2. The van der Waals surface area contributed by atoms with E-state index in [1.165, 1.54) is 5.56 Å². The van der Waals surface area contributed by atoms with Gasteiger partial charge in [0, 0.05) is 23.0 Å². The predicted molar refractivity (Wildman–Crippen MR) is 132 cm³/mol. The lowest BCUT2D eigenvalue weighted by molar-refractivity contribution is -0.112. The highest BCUT2D eigenvalue weighted by Crippen LogP contribution is 2.26. The van der Waals surface area contributed by atoms with Crippen molar-refractivity contribution in [2.24, 2.45) is 0 Å². The molecule has 3 aromatic carbocycles. The second kappa shape index (κ2) is 9.80. The van der Waals surface area contributed by atoms with Gasteiger partial charge in [-0.2, -0.15) is 10.4 Å². The lowest BCUT2D eigenvalue weighted by Gasteiger charge is -2.08. The number of hydrogen-bond donors (Lipinski definition) is 1. The molecule has 4 rings (SSSR count). The van der Waals surface area contributed by atoms with Crippen molar-refractivity contribution in [1.82, 2.24) is 9.78 Å². The molecule has 0 saturated heterocycles. The molecule has 0 aliphatic heterocycles. The van der Waals surface area contributed by atoms with Crippen LogP contribution in [0.15, 0.2) is 96.7 Å². The second-order valence-electron chi connectivity index (χ2n) is 7.98. The van der Waals surface area contributed by atoms with Crippen molar-refractivity contribution < 1.29 is 4.79 Å². The van der Waals surface area contributed by atoms with Gasteiger partial charge in [0.05, 0.1) is 11.4 Å². The van der Waals surface area contributed by atoms with Gasteiger partial charge in [-0.05, 0) is 41.8 Å². The van der Waals surface area contributed by atoms with Crippen LogP contribution in [0.1, 0.15) is 30.9 Å². The second-order valence-corrected chi connectivity index (χ2v) is 7.98. The topological polar surface area (TPSA) is 70.7 Å². The summed E-state index contributed by atoms with van der Waals surface area (Å²) < 4.78 is 1.76.